The van der Waals surface area contributed by atoms with Crippen LogP contribution in [0, 0.1) is 23.2 Å². The van der Waals surface area contributed by atoms with E-state index in [1.54, 1.807) is 0 Å². The maximum Gasteiger partial charge on any atom is 0.136 e. The SMILES string of the molecule is CCC(C)[C@H]1CC[C@H]2C(=O)CCC[C@]12C. The smallest absolute Gasteiger partial charge is 0.136 e. The molecule has 1 unspecified atom stereocenters. The highest BCUT2D eigenvalue weighted by molar-refractivity contribution is 5.83. The minimum absolute atomic E-state index is 0.352. The topological polar surface area (TPSA) is 17.1 Å². The lowest BCUT2D eigenvalue weighted by Gasteiger charge is -2.42. The van der Waals surface area contributed by atoms with Crippen LogP contribution in [-0.2, 0) is 4.79 Å². The Kier molecular flexibility index (Phi) is 2.92. The van der Waals surface area contributed by atoms with Gasteiger partial charge in [-0.2, -0.15) is 0 Å². The molecule has 0 aromatic heterocycles. The van der Waals surface area contributed by atoms with Crippen LogP contribution in [0.4, 0.5) is 0 Å². The summed E-state index contributed by atoms with van der Waals surface area (Å²) in [6, 6.07) is 0. The van der Waals surface area contributed by atoms with E-state index in [0.717, 1.165) is 24.7 Å². The van der Waals surface area contributed by atoms with Crippen LogP contribution in [0.3, 0.4) is 0 Å². The largest absolute Gasteiger partial charge is 0.299 e. The van der Waals surface area contributed by atoms with E-state index in [2.05, 4.69) is 20.8 Å². The van der Waals surface area contributed by atoms with Crippen LogP contribution in [0.1, 0.15) is 59.3 Å². The summed E-state index contributed by atoms with van der Waals surface area (Å²) in [7, 11) is 0. The summed E-state index contributed by atoms with van der Waals surface area (Å²) in [5.74, 6) is 2.57. The van der Waals surface area contributed by atoms with Crippen molar-refractivity contribution < 1.29 is 4.79 Å². The average molecular weight is 208 g/mol. The quantitative estimate of drug-likeness (QED) is 0.674. The molecule has 15 heavy (non-hydrogen) atoms. The first-order valence-corrected chi connectivity index (χ1v) is 6.62. The fraction of sp³-hybridized carbons (Fsp3) is 0.929. The number of carbonyl (C=O) groups excluding carboxylic acids is 1. The molecule has 2 rings (SSSR count). The number of fused-ring (bicyclic) bond motifs is 1. The van der Waals surface area contributed by atoms with Gasteiger partial charge in [0.2, 0.25) is 0 Å². The van der Waals surface area contributed by atoms with Crippen molar-refractivity contribution in [1.29, 1.82) is 0 Å². The Balaban J connectivity index is 2.21. The molecule has 2 fully saturated rings. The number of Topliss-reactive ketones (excluding diaryl/α,β-unsaturated/α-hetero) is 1. The van der Waals surface area contributed by atoms with Crippen LogP contribution >= 0.6 is 0 Å². The third-order valence-corrected chi connectivity index (χ3v) is 5.27. The monoisotopic (exact) mass is 208 g/mol. The van der Waals surface area contributed by atoms with Gasteiger partial charge in [0.1, 0.15) is 5.78 Å². The van der Waals surface area contributed by atoms with Gasteiger partial charge in [-0.3, -0.25) is 4.79 Å². The number of hydrogen-bond acceptors (Lipinski definition) is 1. The van der Waals surface area contributed by atoms with Gasteiger partial charge in [0.15, 0.2) is 0 Å². The second-order valence-corrected chi connectivity index (χ2v) is 5.95. The van der Waals surface area contributed by atoms with Crippen LogP contribution in [0.5, 0.6) is 0 Å². The molecule has 1 heteroatoms. The van der Waals surface area contributed by atoms with Gasteiger partial charge < -0.3 is 0 Å². The fourth-order valence-corrected chi connectivity index (χ4v) is 4.19. The standard InChI is InChI=1S/C14H24O/c1-4-10(2)11-7-8-12-13(15)6-5-9-14(11,12)3/h10-12H,4-9H2,1-3H3/t10?,11-,12+,14-/m1/s1. The second kappa shape index (κ2) is 3.92. The predicted molar refractivity (Wildman–Crippen MR) is 62.6 cm³/mol. The first-order chi connectivity index (χ1) is 7.09. The number of ketones is 1. The highest BCUT2D eigenvalue weighted by Gasteiger charge is 2.51. The Hall–Kier alpha value is -0.330. The Bertz CT molecular complexity index is 258. The van der Waals surface area contributed by atoms with E-state index in [-0.39, 0.29) is 0 Å². The molecular formula is C14H24O. The highest BCUT2D eigenvalue weighted by Crippen LogP contribution is 2.56. The number of carbonyl (C=O) groups is 1. The van der Waals surface area contributed by atoms with Gasteiger partial charge in [-0.05, 0) is 42.9 Å². The van der Waals surface area contributed by atoms with Crippen molar-refractivity contribution in [3.8, 4) is 0 Å². The summed E-state index contributed by atoms with van der Waals surface area (Å²) in [5.41, 5.74) is 0.352. The van der Waals surface area contributed by atoms with E-state index in [4.69, 9.17) is 0 Å². The number of hydrogen-bond donors (Lipinski definition) is 0. The summed E-state index contributed by atoms with van der Waals surface area (Å²) in [4.78, 5) is 11.9. The lowest BCUT2D eigenvalue weighted by Crippen LogP contribution is -2.39. The average Bonchev–Trinajstić information content (AvgIpc) is 2.56. The van der Waals surface area contributed by atoms with E-state index < -0.39 is 0 Å². The number of rotatable bonds is 2. The zero-order chi connectivity index (χ0) is 11.1. The molecule has 86 valence electrons. The minimum atomic E-state index is 0.352. The summed E-state index contributed by atoms with van der Waals surface area (Å²) < 4.78 is 0. The van der Waals surface area contributed by atoms with E-state index >= 15 is 0 Å². The van der Waals surface area contributed by atoms with Gasteiger partial charge in [-0.25, -0.2) is 0 Å². The van der Waals surface area contributed by atoms with Crippen molar-refractivity contribution in [2.24, 2.45) is 23.2 Å². The Morgan fingerprint density at radius 3 is 2.87 bits per heavy atom. The highest BCUT2D eigenvalue weighted by atomic mass is 16.1. The minimum Gasteiger partial charge on any atom is -0.299 e. The first-order valence-electron chi connectivity index (χ1n) is 6.62. The Labute approximate surface area is 93.6 Å². The molecule has 0 radical (unpaired) electrons. The third-order valence-electron chi connectivity index (χ3n) is 5.27. The van der Waals surface area contributed by atoms with Crippen LogP contribution in [0.2, 0.25) is 0 Å². The van der Waals surface area contributed by atoms with Gasteiger partial charge in [0.25, 0.3) is 0 Å². The maximum absolute atomic E-state index is 11.9. The van der Waals surface area contributed by atoms with Gasteiger partial charge in [-0.15, -0.1) is 0 Å². The molecule has 0 aromatic carbocycles. The molecule has 0 aromatic rings. The molecule has 0 aliphatic heterocycles. The molecule has 0 N–H and O–H groups in total. The van der Waals surface area contributed by atoms with E-state index in [1.165, 1.54) is 25.7 Å². The summed E-state index contributed by atoms with van der Waals surface area (Å²) >= 11 is 0. The van der Waals surface area contributed by atoms with Crippen molar-refractivity contribution >= 4 is 5.78 Å². The summed E-state index contributed by atoms with van der Waals surface area (Å²) in [6.45, 7) is 7.04. The maximum atomic E-state index is 11.9. The molecule has 2 aliphatic carbocycles. The molecule has 0 bridgehead atoms. The Morgan fingerprint density at radius 2 is 2.20 bits per heavy atom. The van der Waals surface area contributed by atoms with Crippen LogP contribution in [-0.4, -0.2) is 5.78 Å². The van der Waals surface area contributed by atoms with Gasteiger partial charge in [0.05, 0.1) is 0 Å². The van der Waals surface area contributed by atoms with E-state index in [9.17, 15) is 4.79 Å². The zero-order valence-electron chi connectivity index (χ0n) is 10.4. The van der Waals surface area contributed by atoms with Crippen molar-refractivity contribution in [1.82, 2.24) is 0 Å². The lowest BCUT2D eigenvalue weighted by molar-refractivity contribution is -0.130. The van der Waals surface area contributed by atoms with Gasteiger partial charge >= 0.3 is 0 Å². The van der Waals surface area contributed by atoms with Crippen molar-refractivity contribution in [2.75, 3.05) is 0 Å². The van der Waals surface area contributed by atoms with E-state index in [0.29, 0.717) is 17.1 Å². The third kappa shape index (κ3) is 1.64. The van der Waals surface area contributed by atoms with Crippen LogP contribution in [0.25, 0.3) is 0 Å². The molecule has 4 atom stereocenters. The lowest BCUT2D eigenvalue weighted by atomic mass is 9.62. The second-order valence-electron chi connectivity index (χ2n) is 5.95. The van der Waals surface area contributed by atoms with Gasteiger partial charge in [-0.1, -0.05) is 27.2 Å². The molecule has 2 aliphatic rings. The van der Waals surface area contributed by atoms with Crippen molar-refractivity contribution in [3.05, 3.63) is 0 Å². The fourth-order valence-electron chi connectivity index (χ4n) is 4.19. The molecule has 0 heterocycles. The predicted octanol–water partition coefficient (Wildman–Crippen LogP) is 3.82. The van der Waals surface area contributed by atoms with Crippen molar-refractivity contribution in [2.45, 2.75) is 59.3 Å². The first kappa shape index (κ1) is 11.2. The van der Waals surface area contributed by atoms with Crippen LogP contribution in [0.15, 0.2) is 0 Å². The summed E-state index contributed by atoms with van der Waals surface area (Å²) in [5, 5.41) is 0. The molecule has 0 amide bonds. The summed E-state index contributed by atoms with van der Waals surface area (Å²) in [6.07, 6.45) is 7.01. The molecule has 1 nitrogen and oxygen atoms in total. The molecular weight excluding hydrogens is 184 g/mol. The van der Waals surface area contributed by atoms with Crippen molar-refractivity contribution in [3.63, 3.8) is 0 Å². The van der Waals surface area contributed by atoms with Crippen LogP contribution < -0.4 is 0 Å². The normalized spacial score (nSPS) is 42.7. The zero-order valence-corrected chi connectivity index (χ0v) is 10.4. The molecule has 0 saturated heterocycles. The Morgan fingerprint density at radius 1 is 1.47 bits per heavy atom. The molecule has 2 saturated carbocycles. The van der Waals surface area contributed by atoms with E-state index in [1.807, 2.05) is 0 Å². The molecule has 0 spiro atoms. The van der Waals surface area contributed by atoms with Gasteiger partial charge in [0, 0.05) is 12.3 Å².